The van der Waals surface area contributed by atoms with Crippen molar-refractivity contribution in [1.82, 2.24) is 9.97 Å². The lowest BCUT2D eigenvalue weighted by Gasteiger charge is -2.07. The average molecular weight is 308 g/mol. The van der Waals surface area contributed by atoms with Crippen molar-refractivity contribution in [2.45, 2.75) is 12.8 Å². The van der Waals surface area contributed by atoms with Gasteiger partial charge in [0, 0.05) is 12.4 Å². The number of hydrogen-bond acceptors (Lipinski definition) is 4. The van der Waals surface area contributed by atoms with E-state index in [1.807, 2.05) is 12.1 Å². The molecule has 18 heavy (non-hydrogen) atoms. The first kappa shape index (κ1) is 12.8. The standard InChI is InChI=1S/C13H14BrN3O/c14-12-8-11(15)9-17-13(12)18-7-1-2-10-3-5-16-6-4-10/h3-6,8-9H,1-2,7,15H2. The Morgan fingerprint density at radius 3 is 2.78 bits per heavy atom. The van der Waals surface area contributed by atoms with Crippen molar-refractivity contribution < 1.29 is 4.74 Å². The Hall–Kier alpha value is -1.62. The van der Waals surface area contributed by atoms with Crippen molar-refractivity contribution in [3.8, 4) is 5.88 Å². The molecule has 2 aromatic rings. The Balaban J connectivity index is 1.79. The van der Waals surface area contributed by atoms with Gasteiger partial charge >= 0.3 is 0 Å². The first-order chi connectivity index (χ1) is 8.75. The molecule has 2 aromatic heterocycles. The number of nitrogens with two attached hydrogens (primary N) is 1. The van der Waals surface area contributed by atoms with E-state index in [2.05, 4.69) is 25.9 Å². The Kier molecular flexibility index (Phi) is 4.52. The van der Waals surface area contributed by atoms with E-state index in [4.69, 9.17) is 10.5 Å². The van der Waals surface area contributed by atoms with Gasteiger partial charge in [0.05, 0.1) is 23.0 Å². The average Bonchev–Trinajstić information content (AvgIpc) is 2.38. The molecule has 94 valence electrons. The van der Waals surface area contributed by atoms with E-state index in [1.54, 1.807) is 24.7 Å². The van der Waals surface area contributed by atoms with Gasteiger partial charge in [0.1, 0.15) is 0 Å². The highest BCUT2D eigenvalue weighted by molar-refractivity contribution is 9.10. The maximum atomic E-state index is 5.60. The van der Waals surface area contributed by atoms with E-state index < -0.39 is 0 Å². The molecule has 0 bridgehead atoms. The summed E-state index contributed by atoms with van der Waals surface area (Å²) in [5.74, 6) is 0.582. The summed E-state index contributed by atoms with van der Waals surface area (Å²) in [6.07, 6.45) is 7.09. The molecule has 0 radical (unpaired) electrons. The van der Waals surface area contributed by atoms with Gasteiger partial charge in [-0.25, -0.2) is 4.98 Å². The number of pyridine rings is 2. The number of ether oxygens (including phenoxy) is 1. The third-order valence-corrected chi connectivity index (χ3v) is 2.99. The molecule has 0 spiro atoms. The minimum Gasteiger partial charge on any atom is -0.477 e. The van der Waals surface area contributed by atoms with Crippen LogP contribution in [-0.2, 0) is 6.42 Å². The molecule has 0 saturated carbocycles. The van der Waals surface area contributed by atoms with Gasteiger partial charge in [-0.3, -0.25) is 4.98 Å². The molecular weight excluding hydrogens is 294 g/mol. The van der Waals surface area contributed by atoms with Gasteiger partial charge in [0.2, 0.25) is 5.88 Å². The minimum atomic E-state index is 0.582. The van der Waals surface area contributed by atoms with Gasteiger partial charge in [0.25, 0.3) is 0 Å². The largest absolute Gasteiger partial charge is 0.477 e. The first-order valence-corrected chi connectivity index (χ1v) is 6.48. The number of nitrogen functional groups attached to an aromatic ring is 1. The monoisotopic (exact) mass is 307 g/mol. The van der Waals surface area contributed by atoms with Crippen LogP contribution in [0.3, 0.4) is 0 Å². The first-order valence-electron chi connectivity index (χ1n) is 5.68. The SMILES string of the molecule is Nc1cnc(OCCCc2ccncc2)c(Br)c1. The summed E-state index contributed by atoms with van der Waals surface area (Å²) < 4.78 is 6.37. The summed E-state index contributed by atoms with van der Waals surface area (Å²) in [5.41, 5.74) is 7.48. The summed E-state index contributed by atoms with van der Waals surface area (Å²) in [6.45, 7) is 0.623. The van der Waals surface area contributed by atoms with E-state index >= 15 is 0 Å². The molecular formula is C13H14BrN3O. The number of rotatable bonds is 5. The van der Waals surface area contributed by atoms with Crippen LogP contribution in [0.15, 0.2) is 41.3 Å². The van der Waals surface area contributed by atoms with E-state index in [1.165, 1.54) is 5.56 Å². The molecule has 0 atom stereocenters. The number of halogens is 1. The molecule has 0 aliphatic heterocycles. The lowest BCUT2D eigenvalue weighted by molar-refractivity contribution is 0.297. The minimum absolute atomic E-state index is 0.582. The second kappa shape index (κ2) is 6.35. The molecule has 0 aliphatic carbocycles. The highest BCUT2D eigenvalue weighted by Gasteiger charge is 2.02. The second-order valence-electron chi connectivity index (χ2n) is 3.86. The molecule has 0 amide bonds. The number of nitrogens with zero attached hydrogens (tertiary/aromatic N) is 2. The van der Waals surface area contributed by atoms with Gasteiger partial charge in [-0.15, -0.1) is 0 Å². The molecule has 2 N–H and O–H groups in total. The molecule has 0 aliphatic rings. The van der Waals surface area contributed by atoms with Crippen molar-refractivity contribution in [3.05, 3.63) is 46.8 Å². The molecule has 0 unspecified atom stereocenters. The molecule has 4 nitrogen and oxygen atoms in total. The van der Waals surface area contributed by atoms with Crippen molar-refractivity contribution in [1.29, 1.82) is 0 Å². The number of aromatic nitrogens is 2. The predicted octanol–water partition coefficient (Wildman–Crippen LogP) is 2.83. The van der Waals surface area contributed by atoms with Gasteiger partial charge in [-0.05, 0) is 52.5 Å². The van der Waals surface area contributed by atoms with Crippen LogP contribution in [-0.4, -0.2) is 16.6 Å². The van der Waals surface area contributed by atoms with Crippen LogP contribution in [0.4, 0.5) is 5.69 Å². The third-order valence-electron chi connectivity index (χ3n) is 2.43. The molecule has 0 fully saturated rings. The smallest absolute Gasteiger partial charge is 0.228 e. The van der Waals surface area contributed by atoms with Crippen LogP contribution < -0.4 is 10.5 Å². The fraction of sp³-hybridized carbons (Fsp3) is 0.231. The van der Waals surface area contributed by atoms with Gasteiger partial charge in [0.15, 0.2) is 0 Å². The van der Waals surface area contributed by atoms with Crippen LogP contribution in [0.5, 0.6) is 5.88 Å². The highest BCUT2D eigenvalue weighted by atomic mass is 79.9. The summed E-state index contributed by atoms with van der Waals surface area (Å²) in [4.78, 5) is 8.10. The topological polar surface area (TPSA) is 61.0 Å². The number of hydrogen-bond donors (Lipinski definition) is 1. The van der Waals surface area contributed by atoms with E-state index in [0.717, 1.165) is 17.3 Å². The van der Waals surface area contributed by atoms with Gasteiger partial charge < -0.3 is 10.5 Å². The molecule has 2 heterocycles. The van der Waals surface area contributed by atoms with Crippen molar-refractivity contribution in [2.75, 3.05) is 12.3 Å². The lowest BCUT2D eigenvalue weighted by Crippen LogP contribution is -2.02. The van der Waals surface area contributed by atoms with Crippen molar-refractivity contribution in [2.24, 2.45) is 0 Å². The zero-order valence-corrected chi connectivity index (χ0v) is 11.4. The second-order valence-corrected chi connectivity index (χ2v) is 4.72. The maximum Gasteiger partial charge on any atom is 0.228 e. The Labute approximate surface area is 114 Å². The van der Waals surface area contributed by atoms with Gasteiger partial charge in [-0.2, -0.15) is 0 Å². The Morgan fingerprint density at radius 2 is 2.06 bits per heavy atom. The van der Waals surface area contributed by atoms with Crippen LogP contribution in [0.1, 0.15) is 12.0 Å². The van der Waals surface area contributed by atoms with Crippen molar-refractivity contribution in [3.63, 3.8) is 0 Å². The molecule has 2 rings (SSSR count). The molecule has 0 saturated heterocycles. The van der Waals surface area contributed by atoms with Gasteiger partial charge in [-0.1, -0.05) is 0 Å². The lowest BCUT2D eigenvalue weighted by atomic mass is 10.1. The molecule has 0 aromatic carbocycles. The summed E-state index contributed by atoms with van der Waals surface area (Å²) >= 11 is 3.37. The third kappa shape index (κ3) is 3.70. The normalized spacial score (nSPS) is 10.3. The van der Waals surface area contributed by atoms with Crippen LogP contribution >= 0.6 is 15.9 Å². The summed E-state index contributed by atoms with van der Waals surface area (Å²) in [5, 5.41) is 0. The highest BCUT2D eigenvalue weighted by Crippen LogP contribution is 2.23. The Morgan fingerprint density at radius 1 is 1.28 bits per heavy atom. The quantitative estimate of drug-likeness (QED) is 0.863. The van der Waals surface area contributed by atoms with E-state index in [0.29, 0.717) is 18.2 Å². The number of aryl methyl sites for hydroxylation is 1. The fourth-order valence-corrected chi connectivity index (χ4v) is 2.02. The zero-order chi connectivity index (χ0) is 12.8. The van der Waals surface area contributed by atoms with Crippen LogP contribution in [0.2, 0.25) is 0 Å². The maximum absolute atomic E-state index is 5.60. The van der Waals surface area contributed by atoms with Crippen LogP contribution in [0.25, 0.3) is 0 Å². The fourth-order valence-electron chi connectivity index (χ4n) is 1.54. The summed E-state index contributed by atoms with van der Waals surface area (Å²) in [7, 11) is 0. The number of anilines is 1. The molecule has 5 heteroatoms. The summed E-state index contributed by atoms with van der Waals surface area (Å²) in [6, 6.07) is 5.81. The van der Waals surface area contributed by atoms with Crippen LogP contribution in [0, 0.1) is 0 Å². The van der Waals surface area contributed by atoms with Crippen molar-refractivity contribution >= 4 is 21.6 Å². The zero-order valence-electron chi connectivity index (χ0n) is 9.84. The Bertz CT molecular complexity index is 505. The predicted molar refractivity (Wildman–Crippen MR) is 74.4 cm³/mol. The van der Waals surface area contributed by atoms with E-state index in [-0.39, 0.29) is 0 Å². The van der Waals surface area contributed by atoms with E-state index in [9.17, 15) is 0 Å².